The molecule has 1 aliphatic rings. The highest BCUT2D eigenvalue weighted by Gasteiger charge is 2.36. The van der Waals surface area contributed by atoms with Gasteiger partial charge in [0.2, 0.25) is 0 Å². The fourth-order valence-electron chi connectivity index (χ4n) is 1.74. The fraction of sp³-hybridized carbons (Fsp3) is 0.273. The highest BCUT2D eigenvalue weighted by atomic mass is 16.5. The van der Waals surface area contributed by atoms with Crippen LogP contribution in [0.25, 0.3) is 0 Å². The van der Waals surface area contributed by atoms with Gasteiger partial charge < -0.3 is 14.6 Å². The topological polar surface area (TPSA) is 76.1 Å². The minimum atomic E-state index is -0.642. The molecule has 0 fully saturated rings. The van der Waals surface area contributed by atoms with Crippen LogP contribution in [0.3, 0.4) is 0 Å². The van der Waals surface area contributed by atoms with Gasteiger partial charge in [0, 0.05) is 0 Å². The van der Waals surface area contributed by atoms with Crippen LogP contribution in [0.4, 0.5) is 0 Å². The summed E-state index contributed by atoms with van der Waals surface area (Å²) in [5, 5.41) is 8.95. The van der Waals surface area contributed by atoms with Crippen LogP contribution >= 0.6 is 0 Å². The van der Waals surface area contributed by atoms with Gasteiger partial charge in [-0.05, 0) is 12.1 Å². The second-order valence-electron chi connectivity index (χ2n) is 3.43. The molecule has 0 aromatic heterocycles. The van der Waals surface area contributed by atoms with E-state index < -0.39 is 18.5 Å². The summed E-state index contributed by atoms with van der Waals surface area (Å²) in [6.45, 7) is -0.642. The van der Waals surface area contributed by atoms with Gasteiger partial charge in [-0.3, -0.25) is 14.5 Å². The maximum absolute atomic E-state index is 11.8. The summed E-state index contributed by atoms with van der Waals surface area (Å²) in [6.07, 6.45) is 0. The Balaban J connectivity index is 2.59. The number of rotatable bonds is 3. The molecule has 2 amide bonds. The van der Waals surface area contributed by atoms with Crippen molar-refractivity contribution < 1.29 is 24.2 Å². The minimum absolute atomic E-state index is 0.210. The summed E-state index contributed by atoms with van der Waals surface area (Å²) in [5.41, 5.74) is 0.420. The zero-order valence-electron chi connectivity index (χ0n) is 9.39. The van der Waals surface area contributed by atoms with Crippen molar-refractivity contribution in [2.75, 3.05) is 21.0 Å². The number of ether oxygens (including phenoxy) is 2. The van der Waals surface area contributed by atoms with Gasteiger partial charge in [-0.2, -0.15) is 0 Å². The lowest BCUT2D eigenvalue weighted by molar-refractivity contribution is 0.0490. The number of hydrogen-bond acceptors (Lipinski definition) is 5. The molecule has 0 spiro atoms. The molecule has 90 valence electrons. The number of nitrogens with zero attached hydrogens (tertiary/aromatic N) is 1. The van der Waals surface area contributed by atoms with E-state index in [0.717, 1.165) is 4.90 Å². The van der Waals surface area contributed by atoms with Gasteiger partial charge >= 0.3 is 0 Å². The number of methoxy groups -OCH3 is 2. The first-order valence-electron chi connectivity index (χ1n) is 4.87. The monoisotopic (exact) mass is 237 g/mol. The summed E-state index contributed by atoms with van der Waals surface area (Å²) < 4.78 is 10.1. The number of aliphatic hydroxyl groups is 1. The SMILES string of the molecule is COc1cc2c(cc1OC)C(=O)N(CO)C2=O. The van der Waals surface area contributed by atoms with Crippen molar-refractivity contribution in [3.05, 3.63) is 23.3 Å². The van der Waals surface area contributed by atoms with Crippen LogP contribution in [0.15, 0.2) is 12.1 Å². The quantitative estimate of drug-likeness (QED) is 0.762. The summed E-state index contributed by atoms with van der Waals surface area (Å²) in [6, 6.07) is 2.87. The van der Waals surface area contributed by atoms with E-state index in [1.165, 1.54) is 26.4 Å². The number of fused-ring (bicyclic) bond motifs is 1. The van der Waals surface area contributed by atoms with Crippen molar-refractivity contribution in [3.63, 3.8) is 0 Å². The molecule has 2 rings (SSSR count). The number of carbonyl (C=O) groups is 2. The summed E-state index contributed by atoms with van der Waals surface area (Å²) in [7, 11) is 2.88. The standard InChI is InChI=1S/C11H11NO5/c1-16-8-3-6-7(4-9(8)17-2)11(15)12(5-13)10(6)14/h3-4,13H,5H2,1-2H3. The average molecular weight is 237 g/mol. The lowest BCUT2D eigenvalue weighted by Crippen LogP contribution is -2.30. The first kappa shape index (κ1) is 11.4. The highest BCUT2D eigenvalue weighted by molar-refractivity contribution is 6.21. The molecule has 0 radical (unpaired) electrons. The highest BCUT2D eigenvalue weighted by Crippen LogP contribution is 2.34. The van der Waals surface area contributed by atoms with E-state index in [9.17, 15) is 9.59 Å². The smallest absolute Gasteiger partial charge is 0.263 e. The van der Waals surface area contributed by atoms with Crippen LogP contribution in [0, 0.1) is 0 Å². The number of amides is 2. The van der Waals surface area contributed by atoms with Crippen LogP contribution in [-0.4, -0.2) is 42.8 Å². The molecule has 0 saturated heterocycles. The van der Waals surface area contributed by atoms with E-state index in [-0.39, 0.29) is 11.1 Å². The van der Waals surface area contributed by atoms with Crippen LogP contribution in [-0.2, 0) is 0 Å². The number of benzene rings is 1. The van der Waals surface area contributed by atoms with Crippen LogP contribution in [0.2, 0.25) is 0 Å². The molecule has 1 heterocycles. The predicted octanol–water partition coefficient (Wildman–Crippen LogP) is 0.250. The van der Waals surface area contributed by atoms with Gasteiger partial charge in [0.05, 0.1) is 25.3 Å². The van der Waals surface area contributed by atoms with Gasteiger partial charge in [0.1, 0.15) is 6.73 Å². The number of aliphatic hydroxyl groups excluding tert-OH is 1. The second kappa shape index (κ2) is 4.06. The normalized spacial score (nSPS) is 13.9. The van der Waals surface area contributed by atoms with E-state index >= 15 is 0 Å². The molecule has 1 aliphatic heterocycles. The van der Waals surface area contributed by atoms with E-state index in [0.29, 0.717) is 11.5 Å². The summed E-state index contributed by atoms with van der Waals surface area (Å²) in [4.78, 5) is 24.3. The maximum Gasteiger partial charge on any atom is 0.263 e. The Morgan fingerprint density at radius 3 is 1.76 bits per heavy atom. The molecule has 17 heavy (non-hydrogen) atoms. The van der Waals surface area contributed by atoms with Crippen molar-refractivity contribution in [1.82, 2.24) is 4.90 Å². The third-order valence-corrected chi connectivity index (χ3v) is 2.62. The van der Waals surface area contributed by atoms with Gasteiger partial charge in [0.15, 0.2) is 11.5 Å². The number of carbonyl (C=O) groups excluding carboxylic acids is 2. The zero-order valence-corrected chi connectivity index (χ0v) is 9.39. The zero-order chi connectivity index (χ0) is 12.6. The first-order chi connectivity index (χ1) is 8.13. The molecule has 0 saturated carbocycles. The molecule has 1 aromatic rings. The van der Waals surface area contributed by atoms with Gasteiger partial charge in [-0.25, -0.2) is 0 Å². The third kappa shape index (κ3) is 1.53. The summed E-state index contributed by atoms with van der Waals surface area (Å²) in [5.74, 6) is -0.332. The van der Waals surface area contributed by atoms with Crippen LogP contribution in [0.5, 0.6) is 11.5 Å². The summed E-state index contributed by atoms with van der Waals surface area (Å²) >= 11 is 0. The van der Waals surface area contributed by atoms with E-state index in [1.54, 1.807) is 0 Å². The van der Waals surface area contributed by atoms with E-state index in [2.05, 4.69) is 0 Å². The van der Waals surface area contributed by atoms with Crippen LogP contribution < -0.4 is 9.47 Å². The van der Waals surface area contributed by atoms with Gasteiger partial charge in [-0.1, -0.05) is 0 Å². The molecule has 1 N–H and O–H groups in total. The largest absolute Gasteiger partial charge is 0.493 e. The second-order valence-corrected chi connectivity index (χ2v) is 3.43. The maximum atomic E-state index is 11.8. The van der Waals surface area contributed by atoms with Crippen molar-refractivity contribution in [1.29, 1.82) is 0 Å². The van der Waals surface area contributed by atoms with E-state index in [4.69, 9.17) is 14.6 Å². The molecule has 6 heteroatoms. The molecule has 0 bridgehead atoms. The Kier molecular flexibility index (Phi) is 2.72. The average Bonchev–Trinajstić information content (AvgIpc) is 2.59. The molecular formula is C11H11NO5. The molecule has 0 aliphatic carbocycles. The molecule has 0 unspecified atom stereocenters. The Morgan fingerprint density at radius 2 is 1.47 bits per heavy atom. The van der Waals surface area contributed by atoms with Gasteiger partial charge in [0.25, 0.3) is 11.8 Å². The van der Waals surface area contributed by atoms with E-state index in [1.807, 2.05) is 0 Å². The fourth-order valence-corrected chi connectivity index (χ4v) is 1.74. The predicted molar refractivity (Wildman–Crippen MR) is 57.1 cm³/mol. The molecule has 0 atom stereocenters. The molecule has 6 nitrogen and oxygen atoms in total. The van der Waals surface area contributed by atoms with Crippen molar-refractivity contribution in [3.8, 4) is 11.5 Å². The van der Waals surface area contributed by atoms with Gasteiger partial charge in [-0.15, -0.1) is 0 Å². The minimum Gasteiger partial charge on any atom is -0.493 e. The molecule has 1 aromatic carbocycles. The molecular weight excluding hydrogens is 226 g/mol. The Bertz CT molecular complexity index is 454. The number of hydrogen-bond donors (Lipinski definition) is 1. The van der Waals surface area contributed by atoms with Crippen molar-refractivity contribution in [2.45, 2.75) is 0 Å². The van der Waals surface area contributed by atoms with Crippen LogP contribution in [0.1, 0.15) is 20.7 Å². The lowest BCUT2D eigenvalue weighted by atomic mass is 10.1. The Hall–Kier alpha value is -2.08. The van der Waals surface area contributed by atoms with Crippen molar-refractivity contribution >= 4 is 11.8 Å². The van der Waals surface area contributed by atoms with Crippen molar-refractivity contribution in [2.24, 2.45) is 0 Å². The lowest BCUT2D eigenvalue weighted by Gasteiger charge is -2.07. The Labute approximate surface area is 97.4 Å². The Morgan fingerprint density at radius 1 is 1.06 bits per heavy atom. The first-order valence-corrected chi connectivity index (χ1v) is 4.87. The number of imide groups is 1. The third-order valence-electron chi connectivity index (χ3n) is 2.62.